The number of benzene rings is 2. The van der Waals surface area contributed by atoms with E-state index >= 15 is 0 Å². The summed E-state index contributed by atoms with van der Waals surface area (Å²) in [6.45, 7) is 3.32. The number of nitrogens with one attached hydrogen (secondary N) is 1. The van der Waals surface area contributed by atoms with Gasteiger partial charge in [0.25, 0.3) is 0 Å². The minimum absolute atomic E-state index is 0.0243. The number of hydrogen-bond donors (Lipinski definition) is 1. The molecule has 2 nitrogen and oxygen atoms in total. The van der Waals surface area contributed by atoms with Gasteiger partial charge in [0, 0.05) is 12.1 Å². The van der Waals surface area contributed by atoms with Crippen molar-refractivity contribution in [2.75, 3.05) is 13.7 Å². The molecule has 0 aromatic heterocycles. The summed E-state index contributed by atoms with van der Waals surface area (Å²) in [5, 5.41) is 3.70. The lowest BCUT2D eigenvalue weighted by atomic mass is 9.79. The third-order valence-corrected chi connectivity index (χ3v) is 4.22. The van der Waals surface area contributed by atoms with E-state index in [4.69, 9.17) is 4.74 Å². The van der Waals surface area contributed by atoms with Gasteiger partial charge in [0.1, 0.15) is 5.75 Å². The lowest BCUT2D eigenvalue weighted by Crippen LogP contribution is -2.46. The molecule has 20 heavy (non-hydrogen) atoms. The van der Waals surface area contributed by atoms with E-state index in [0.29, 0.717) is 0 Å². The van der Waals surface area contributed by atoms with Crippen LogP contribution in [-0.4, -0.2) is 13.7 Å². The van der Waals surface area contributed by atoms with Gasteiger partial charge >= 0.3 is 0 Å². The molecule has 1 atom stereocenters. The molecule has 1 heterocycles. The van der Waals surface area contributed by atoms with Crippen LogP contribution in [-0.2, 0) is 18.4 Å². The van der Waals surface area contributed by atoms with Gasteiger partial charge in [-0.05, 0) is 48.6 Å². The van der Waals surface area contributed by atoms with Gasteiger partial charge in [-0.25, -0.2) is 0 Å². The van der Waals surface area contributed by atoms with Gasteiger partial charge < -0.3 is 10.1 Å². The van der Waals surface area contributed by atoms with Crippen LogP contribution in [0, 0.1) is 0 Å². The number of ether oxygens (including phenoxy) is 1. The van der Waals surface area contributed by atoms with E-state index in [2.05, 4.69) is 60.8 Å². The first kappa shape index (κ1) is 13.2. The van der Waals surface area contributed by atoms with E-state index < -0.39 is 0 Å². The van der Waals surface area contributed by atoms with E-state index in [9.17, 15) is 0 Å². The molecular weight excluding hydrogens is 246 g/mol. The summed E-state index contributed by atoms with van der Waals surface area (Å²) < 4.78 is 5.40. The van der Waals surface area contributed by atoms with E-state index in [1.165, 1.54) is 16.7 Å². The zero-order valence-electron chi connectivity index (χ0n) is 12.1. The Bertz CT molecular complexity index is 594. The van der Waals surface area contributed by atoms with Crippen molar-refractivity contribution < 1.29 is 4.74 Å². The van der Waals surface area contributed by atoms with Gasteiger partial charge in [0.05, 0.1) is 7.11 Å². The number of fused-ring (bicyclic) bond motifs is 1. The fraction of sp³-hybridized carbons (Fsp3) is 0.333. The summed E-state index contributed by atoms with van der Waals surface area (Å²) in [4.78, 5) is 0. The summed E-state index contributed by atoms with van der Waals surface area (Å²) in [5.41, 5.74) is 4.14. The molecule has 0 fully saturated rings. The molecule has 0 saturated heterocycles. The Morgan fingerprint density at radius 2 is 1.95 bits per heavy atom. The van der Waals surface area contributed by atoms with Crippen molar-refractivity contribution >= 4 is 0 Å². The van der Waals surface area contributed by atoms with Crippen LogP contribution in [0.3, 0.4) is 0 Å². The summed E-state index contributed by atoms with van der Waals surface area (Å²) in [6.07, 6.45) is 2.08. The second kappa shape index (κ2) is 5.29. The van der Waals surface area contributed by atoms with Gasteiger partial charge in [-0.2, -0.15) is 0 Å². The predicted molar refractivity (Wildman–Crippen MR) is 82.2 cm³/mol. The zero-order valence-corrected chi connectivity index (χ0v) is 12.1. The molecule has 3 rings (SSSR count). The van der Waals surface area contributed by atoms with Crippen molar-refractivity contribution in [1.82, 2.24) is 5.32 Å². The van der Waals surface area contributed by atoms with Crippen molar-refractivity contribution in [3.8, 4) is 5.75 Å². The van der Waals surface area contributed by atoms with E-state index in [-0.39, 0.29) is 5.54 Å². The molecule has 0 spiro atoms. The molecule has 1 aliphatic rings. The van der Waals surface area contributed by atoms with Crippen LogP contribution in [0.5, 0.6) is 5.75 Å². The van der Waals surface area contributed by atoms with E-state index in [1.54, 1.807) is 7.11 Å². The molecule has 0 amide bonds. The fourth-order valence-electron chi connectivity index (χ4n) is 3.14. The van der Waals surface area contributed by atoms with Gasteiger partial charge in [0.15, 0.2) is 0 Å². The fourth-order valence-corrected chi connectivity index (χ4v) is 3.14. The summed E-state index contributed by atoms with van der Waals surface area (Å²) in [7, 11) is 1.73. The maximum absolute atomic E-state index is 5.40. The van der Waals surface area contributed by atoms with Crippen molar-refractivity contribution in [1.29, 1.82) is 0 Å². The molecule has 0 radical (unpaired) electrons. The standard InChI is InChI=1S/C18H21NO/c1-18(13-14-6-4-3-5-7-14)17-12-16(20-2)9-8-15(17)10-11-19-18/h3-9,12,19H,10-11,13H2,1-2H3. The van der Waals surface area contributed by atoms with Crippen molar-refractivity contribution in [3.05, 3.63) is 65.2 Å². The Labute approximate surface area is 120 Å². The smallest absolute Gasteiger partial charge is 0.119 e. The van der Waals surface area contributed by atoms with Crippen molar-refractivity contribution in [2.45, 2.75) is 25.3 Å². The maximum atomic E-state index is 5.40. The summed E-state index contributed by atoms with van der Waals surface area (Å²) in [6, 6.07) is 17.1. The Balaban J connectivity index is 1.99. The highest BCUT2D eigenvalue weighted by atomic mass is 16.5. The third-order valence-electron chi connectivity index (χ3n) is 4.22. The lowest BCUT2D eigenvalue weighted by Gasteiger charge is -2.37. The highest BCUT2D eigenvalue weighted by molar-refractivity contribution is 5.42. The van der Waals surface area contributed by atoms with Crippen LogP contribution in [0.2, 0.25) is 0 Å². The molecule has 2 heteroatoms. The van der Waals surface area contributed by atoms with Crippen LogP contribution in [0.15, 0.2) is 48.5 Å². The van der Waals surface area contributed by atoms with E-state index in [1.807, 2.05) is 0 Å². The van der Waals surface area contributed by atoms with Crippen LogP contribution < -0.4 is 10.1 Å². The minimum Gasteiger partial charge on any atom is -0.497 e. The molecule has 1 N–H and O–H groups in total. The highest BCUT2D eigenvalue weighted by Gasteiger charge is 2.32. The number of methoxy groups -OCH3 is 1. The highest BCUT2D eigenvalue weighted by Crippen LogP contribution is 2.34. The monoisotopic (exact) mass is 267 g/mol. The molecular formula is C18H21NO. The zero-order chi connectivity index (χ0) is 14.0. The average Bonchev–Trinajstić information content (AvgIpc) is 2.48. The molecule has 0 aliphatic carbocycles. The molecule has 0 saturated carbocycles. The molecule has 1 aliphatic heterocycles. The Hall–Kier alpha value is -1.80. The SMILES string of the molecule is COc1ccc2c(c1)C(C)(Cc1ccccc1)NCC2. The van der Waals surface area contributed by atoms with Crippen molar-refractivity contribution in [2.24, 2.45) is 0 Å². The number of hydrogen-bond acceptors (Lipinski definition) is 2. The van der Waals surface area contributed by atoms with Crippen LogP contribution in [0.1, 0.15) is 23.6 Å². The first-order valence-electron chi connectivity index (χ1n) is 7.18. The molecule has 0 bridgehead atoms. The molecule has 2 aromatic carbocycles. The summed E-state index contributed by atoms with van der Waals surface area (Å²) >= 11 is 0. The lowest BCUT2D eigenvalue weighted by molar-refractivity contribution is 0.340. The van der Waals surface area contributed by atoms with Crippen LogP contribution >= 0.6 is 0 Å². The minimum atomic E-state index is -0.0243. The largest absolute Gasteiger partial charge is 0.497 e. The second-order valence-electron chi connectivity index (χ2n) is 5.69. The van der Waals surface area contributed by atoms with Gasteiger partial charge in [-0.1, -0.05) is 36.4 Å². The van der Waals surface area contributed by atoms with Crippen LogP contribution in [0.4, 0.5) is 0 Å². The summed E-state index contributed by atoms with van der Waals surface area (Å²) in [5.74, 6) is 0.937. The van der Waals surface area contributed by atoms with Gasteiger partial charge in [-0.15, -0.1) is 0 Å². The quantitative estimate of drug-likeness (QED) is 0.921. The van der Waals surface area contributed by atoms with E-state index in [0.717, 1.165) is 25.1 Å². The average molecular weight is 267 g/mol. The van der Waals surface area contributed by atoms with Gasteiger partial charge in [-0.3, -0.25) is 0 Å². The van der Waals surface area contributed by atoms with Crippen LogP contribution in [0.25, 0.3) is 0 Å². The predicted octanol–water partition coefficient (Wildman–Crippen LogP) is 3.30. The Morgan fingerprint density at radius 1 is 1.15 bits per heavy atom. The Morgan fingerprint density at radius 3 is 2.70 bits per heavy atom. The first-order chi connectivity index (χ1) is 9.71. The topological polar surface area (TPSA) is 21.3 Å². The Kier molecular flexibility index (Phi) is 3.49. The molecule has 104 valence electrons. The van der Waals surface area contributed by atoms with Crippen molar-refractivity contribution in [3.63, 3.8) is 0 Å². The maximum Gasteiger partial charge on any atom is 0.119 e. The molecule has 1 unspecified atom stereocenters. The normalized spacial score (nSPS) is 21.3. The second-order valence-corrected chi connectivity index (χ2v) is 5.69. The number of rotatable bonds is 3. The third kappa shape index (κ3) is 2.44. The molecule has 2 aromatic rings. The first-order valence-corrected chi connectivity index (χ1v) is 7.18. The van der Waals surface area contributed by atoms with Gasteiger partial charge in [0.2, 0.25) is 0 Å².